The van der Waals surface area contributed by atoms with Crippen molar-refractivity contribution < 1.29 is 0 Å². The standard InChI is InChI=1S/C30H42N4Si2/c1-26(31-33(35(2,3)4)24-27-17-11-8-12-18-27)23-30(29-21-15-10-16-22-29)32-34(36(5,6)7)25-28-19-13-9-14-20-28/h8-22H,23-25H2,1-7H3. The average Bonchev–Trinajstić information content (AvgIpc) is 2.83. The first-order valence-electron chi connectivity index (χ1n) is 12.8. The summed E-state index contributed by atoms with van der Waals surface area (Å²) in [4.78, 5) is 0. The molecule has 0 amide bonds. The lowest BCUT2D eigenvalue weighted by Crippen LogP contribution is -2.43. The van der Waals surface area contributed by atoms with Crippen LogP contribution in [0.3, 0.4) is 0 Å². The Morgan fingerprint density at radius 2 is 0.972 bits per heavy atom. The molecule has 0 aliphatic carbocycles. The van der Waals surface area contributed by atoms with Crippen molar-refractivity contribution in [3.8, 4) is 0 Å². The van der Waals surface area contributed by atoms with Gasteiger partial charge in [-0.1, -0.05) is 130 Å². The summed E-state index contributed by atoms with van der Waals surface area (Å²) in [7, 11) is -3.40. The summed E-state index contributed by atoms with van der Waals surface area (Å²) in [6, 6.07) is 31.9. The molecule has 3 rings (SSSR count). The molecule has 6 heteroatoms. The Bertz CT molecular complexity index is 1130. The molecular weight excluding hydrogens is 473 g/mol. The van der Waals surface area contributed by atoms with Gasteiger partial charge in [0.2, 0.25) is 0 Å². The predicted molar refractivity (Wildman–Crippen MR) is 161 cm³/mol. The lowest BCUT2D eigenvalue weighted by molar-refractivity contribution is 0.440. The number of hydrogen-bond acceptors (Lipinski definition) is 4. The van der Waals surface area contributed by atoms with E-state index in [1.54, 1.807) is 0 Å². The highest BCUT2D eigenvalue weighted by Gasteiger charge is 2.25. The molecule has 0 heterocycles. The van der Waals surface area contributed by atoms with Crippen molar-refractivity contribution in [3.63, 3.8) is 0 Å². The Labute approximate surface area is 220 Å². The first kappa shape index (κ1) is 27.6. The van der Waals surface area contributed by atoms with E-state index in [0.717, 1.165) is 36.5 Å². The Kier molecular flexibility index (Phi) is 9.45. The second-order valence-corrected chi connectivity index (χ2v) is 21.1. The quantitative estimate of drug-likeness (QED) is 0.148. The molecule has 0 N–H and O–H groups in total. The van der Waals surface area contributed by atoms with Crippen LogP contribution in [0.5, 0.6) is 0 Å². The molecule has 0 aromatic heterocycles. The molecule has 36 heavy (non-hydrogen) atoms. The summed E-state index contributed by atoms with van der Waals surface area (Å²) >= 11 is 0. The normalized spacial score (nSPS) is 13.0. The molecule has 3 aromatic rings. The van der Waals surface area contributed by atoms with E-state index in [4.69, 9.17) is 10.2 Å². The first-order chi connectivity index (χ1) is 17.0. The van der Waals surface area contributed by atoms with Crippen LogP contribution in [-0.4, -0.2) is 37.2 Å². The lowest BCUT2D eigenvalue weighted by atomic mass is 10.1. The van der Waals surface area contributed by atoms with Crippen molar-refractivity contribution in [3.05, 3.63) is 108 Å². The number of hydrazone groups is 2. The van der Waals surface area contributed by atoms with Gasteiger partial charge in [0.15, 0.2) is 16.5 Å². The average molecular weight is 515 g/mol. The molecule has 0 saturated carbocycles. The van der Waals surface area contributed by atoms with E-state index < -0.39 is 16.5 Å². The molecule has 0 bridgehead atoms. The fraction of sp³-hybridized carbons (Fsp3) is 0.333. The van der Waals surface area contributed by atoms with E-state index >= 15 is 0 Å². The highest BCUT2D eigenvalue weighted by Crippen LogP contribution is 2.19. The molecule has 0 saturated heterocycles. The van der Waals surface area contributed by atoms with Gasteiger partial charge in [0.1, 0.15) is 0 Å². The number of nitrogens with zero attached hydrogens (tertiary/aromatic N) is 4. The molecule has 0 atom stereocenters. The van der Waals surface area contributed by atoms with E-state index in [0.29, 0.717) is 0 Å². The molecule has 0 aliphatic heterocycles. The summed E-state index contributed by atoms with van der Waals surface area (Å²) in [5.41, 5.74) is 5.90. The maximum atomic E-state index is 5.33. The van der Waals surface area contributed by atoms with Crippen molar-refractivity contribution in [1.82, 2.24) is 9.35 Å². The third-order valence-corrected chi connectivity index (χ3v) is 9.58. The van der Waals surface area contributed by atoms with Crippen LogP contribution in [0.4, 0.5) is 0 Å². The number of benzene rings is 3. The zero-order valence-corrected chi connectivity index (χ0v) is 25.1. The minimum absolute atomic E-state index is 0.718. The summed E-state index contributed by atoms with van der Waals surface area (Å²) in [5, 5.41) is 10.5. The maximum absolute atomic E-state index is 5.33. The zero-order valence-electron chi connectivity index (χ0n) is 23.1. The summed E-state index contributed by atoms with van der Waals surface area (Å²) in [5.74, 6) is 0. The summed E-state index contributed by atoms with van der Waals surface area (Å²) < 4.78 is 4.68. The van der Waals surface area contributed by atoms with Crippen LogP contribution in [0.15, 0.2) is 101 Å². The third kappa shape index (κ3) is 8.61. The van der Waals surface area contributed by atoms with Gasteiger partial charge < -0.3 is 9.35 Å². The molecule has 0 aliphatic rings. The Morgan fingerprint density at radius 3 is 1.39 bits per heavy atom. The van der Waals surface area contributed by atoms with Crippen LogP contribution in [0.2, 0.25) is 39.3 Å². The zero-order chi connectivity index (χ0) is 26.2. The largest absolute Gasteiger partial charge is 0.320 e. The fourth-order valence-electron chi connectivity index (χ4n) is 3.81. The number of rotatable bonds is 11. The fourth-order valence-corrected chi connectivity index (χ4v) is 6.02. The maximum Gasteiger partial charge on any atom is 0.169 e. The lowest BCUT2D eigenvalue weighted by Gasteiger charge is -2.33. The summed E-state index contributed by atoms with van der Waals surface area (Å²) in [6.07, 6.45) is 0.718. The SMILES string of the molecule is CC(CC(=NN(Cc1ccccc1)[Si](C)(C)C)c1ccccc1)=NN(Cc1ccccc1)[Si](C)(C)C. The first-order valence-corrected chi connectivity index (χ1v) is 19.7. The van der Waals surface area contributed by atoms with Crippen LogP contribution >= 0.6 is 0 Å². The van der Waals surface area contributed by atoms with Crippen LogP contribution in [0.1, 0.15) is 30.0 Å². The molecule has 4 nitrogen and oxygen atoms in total. The highest BCUT2D eigenvalue weighted by atomic mass is 28.3. The van der Waals surface area contributed by atoms with Gasteiger partial charge in [0, 0.05) is 12.1 Å². The van der Waals surface area contributed by atoms with Gasteiger partial charge in [0.05, 0.1) is 18.8 Å². The highest BCUT2D eigenvalue weighted by molar-refractivity contribution is 6.73. The molecule has 0 spiro atoms. The molecular formula is C30H42N4Si2. The van der Waals surface area contributed by atoms with Gasteiger partial charge in [-0.2, -0.15) is 10.2 Å². The van der Waals surface area contributed by atoms with E-state index in [1.807, 2.05) is 0 Å². The smallest absolute Gasteiger partial charge is 0.169 e. The Morgan fingerprint density at radius 1 is 0.583 bits per heavy atom. The van der Waals surface area contributed by atoms with E-state index in [2.05, 4.69) is 147 Å². The Hall–Kier alpha value is -2.97. The van der Waals surface area contributed by atoms with Gasteiger partial charge in [-0.25, -0.2) is 0 Å². The number of hydrogen-bond donors (Lipinski definition) is 0. The van der Waals surface area contributed by atoms with Crippen molar-refractivity contribution in [1.29, 1.82) is 0 Å². The predicted octanol–water partition coefficient (Wildman–Crippen LogP) is 7.83. The topological polar surface area (TPSA) is 31.2 Å². The monoisotopic (exact) mass is 514 g/mol. The molecule has 0 unspecified atom stereocenters. The van der Waals surface area contributed by atoms with Gasteiger partial charge >= 0.3 is 0 Å². The minimum Gasteiger partial charge on any atom is -0.320 e. The third-order valence-electron chi connectivity index (χ3n) is 5.96. The van der Waals surface area contributed by atoms with Crippen molar-refractivity contribution in [2.45, 2.75) is 65.7 Å². The minimum atomic E-state index is -1.73. The molecule has 3 aromatic carbocycles. The second-order valence-electron chi connectivity index (χ2n) is 11.4. The van der Waals surface area contributed by atoms with Crippen molar-refractivity contribution in [2.75, 3.05) is 0 Å². The van der Waals surface area contributed by atoms with Crippen molar-refractivity contribution >= 4 is 27.9 Å². The Balaban J connectivity index is 1.95. The van der Waals surface area contributed by atoms with E-state index in [9.17, 15) is 0 Å². The van der Waals surface area contributed by atoms with Crippen LogP contribution in [-0.2, 0) is 13.1 Å². The van der Waals surface area contributed by atoms with Crippen molar-refractivity contribution in [2.24, 2.45) is 10.2 Å². The van der Waals surface area contributed by atoms with Gasteiger partial charge in [0.25, 0.3) is 0 Å². The van der Waals surface area contributed by atoms with Crippen LogP contribution in [0.25, 0.3) is 0 Å². The summed E-state index contributed by atoms with van der Waals surface area (Å²) in [6.45, 7) is 17.9. The van der Waals surface area contributed by atoms with E-state index in [1.165, 1.54) is 11.1 Å². The van der Waals surface area contributed by atoms with Crippen LogP contribution < -0.4 is 0 Å². The van der Waals surface area contributed by atoms with Crippen LogP contribution in [0, 0.1) is 0 Å². The molecule has 190 valence electrons. The van der Waals surface area contributed by atoms with E-state index in [-0.39, 0.29) is 0 Å². The van der Waals surface area contributed by atoms with Gasteiger partial charge in [-0.3, -0.25) is 0 Å². The second kappa shape index (κ2) is 12.3. The van der Waals surface area contributed by atoms with Gasteiger partial charge in [-0.05, 0) is 23.6 Å². The molecule has 0 radical (unpaired) electrons. The molecule has 0 fully saturated rings. The van der Waals surface area contributed by atoms with Gasteiger partial charge in [-0.15, -0.1) is 0 Å².